The van der Waals surface area contributed by atoms with E-state index in [9.17, 15) is 40.9 Å². The highest BCUT2D eigenvalue weighted by molar-refractivity contribution is 6.31. The summed E-state index contributed by atoms with van der Waals surface area (Å²) >= 11 is 5.99. The quantitative estimate of drug-likeness (QED) is 0.0564. The summed E-state index contributed by atoms with van der Waals surface area (Å²) in [4.78, 5) is 34.7. The molecule has 0 saturated heterocycles. The summed E-state index contributed by atoms with van der Waals surface area (Å²) in [7, 11) is 1.61. The zero-order valence-corrected chi connectivity index (χ0v) is 68.5. The highest BCUT2D eigenvalue weighted by atomic mass is 35.5. The van der Waals surface area contributed by atoms with Crippen LogP contribution in [0.1, 0.15) is 62.6 Å². The second kappa shape index (κ2) is 38.2. The number of aliphatic hydroxyl groups is 3. The summed E-state index contributed by atoms with van der Waals surface area (Å²) < 4.78 is 10.7. The molecule has 19 heteroatoms. The molecule has 0 aliphatic carbocycles. The number of ether oxygens (including phenoxy) is 2. The van der Waals surface area contributed by atoms with Crippen LogP contribution >= 0.6 is 11.6 Å². The van der Waals surface area contributed by atoms with Crippen LogP contribution in [0.4, 0.5) is 0 Å². The zero-order chi connectivity index (χ0) is 84.7. The number of hydrogen-bond acceptors (Lipinski definition) is 18. The molecular formula is C101H89ClN8O10. The highest BCUT2D eigenvalue weighted by Gasteiger charge is 2.16. The normalized spacial score (nSPS) is 10.8. The Kier molecular flexibility index (Phi) is 26.6. The molecule has 8 aromatic heterocycles. The average molecular weight is 1610 g/mol. The molecule has 18 nitrogen and oxygen atoms in total. The van der Waals surface area contributed by atoms with Gasteiger partial charge in [0, 0.05) is 121 Å². The summed E-state index contributed by atoms with van der Waals surface area (Å²) in [6.45, 7) is 16.5. The van der Waals surface area contributed by atoms with Crippen molar-refractivity contribution in [3.63, 3.8) is 0 Å². The van der Waals surface area contributed by atoms with Gasteiger partial charge >= 0.3 is 0 Å². The Labute approximate surface area is 700 Å². The summed E-state index contributed by atoms with van der Waals surface area (Å²) in [6.07, 6.45) is 14.2. The van der Waals surface area contributed by atoms with Gasteiger partial charge in [-0.05, 0) is 295 Å². The number of phenols is 5. The van der Waals surface area contributed by atoms with Crippen molar-refractivity contribution in [2.75, 3.05) is 13.7 Å². The minimum absolute atomic E-state index is 0.0141. The van der Waals surface area contributed by atoms with E-state index in [0.29, 0.717) is 40.6 Å². The van der Waals surface area contributed by atoms with Crippen LogP contribution in [0.25, 0.3) is 132 Å². The van der Waals surface area contributed by atoms with E-state index in [2.05, 4.69) is 78.0 Å². The first-order valence-corrected chi connectivity index (χ1v) is 39.2. The number of aryl methyl sites for hydroxylation is 7. The number of aliphatic hydroxyl groups excluding tert-OH is 3. The first-order chi connectivity index (χ1) is 58.1. The van der Waals surface area contributed by atoms with Gasteiger partial charge in [-0.15, -0.1) is 0 Å². The van der Waals surface area contributed by atoms with Crippen molar-refractivity contribution in [1.29, 1.82) is 0 Å². The molecule has 8 heterocycles. The van der Waals surface area contributed by atoms with Gasteiger partial charge in [-0.25, -0.2) is 9.97 Å². The van der Waals surface area contributed by atoms with E-state index in [0.717, 1.165) is 166 Å². The van der Waals surface area contributed by atoms with Gasteiger partial charge in [0.05, 0.1) is 66.6 Å². The SMILES string of the molecule is CCOc1ncc(-c2ccnc3cc(CO)ccc23)cc1C.COc1ncc(-c2ccnc3cc(O)ccc23)cc1C.Cc1cc(-c2ccnc3cc(CO)ccc23)ccc1O.Cc1cc(-c2ccnc3cc(Cl)ccc23)ccc1O.Cc1cc(-c2ccnc3cc(O)ccc23)ccc1O.Cc1ccc(-c2ccnc3cc(CO)ccc23)cc1C. The molecule has 8 N–H and O–H groups in total. The van der Waals surface area contributed by atoms with Gasteiger partial charge in [0.2, 0.25) is 11.8 Å². The fourth-order valence-electron chi connectivity index (χ4n) is 14.1. The molecule has 18 rings (SSSR count). The summed E-state index contributed by atoms with van der Waals surface area (Å²) in [5.74, 6) is 2.63. The molecule has 0 bridgehead atoms. The smallest absolute Gasteiger partial charge is 0.216 e. The van der Waals surface area contributed by atoms with Crippen molar-refractivity contribution in [2.24, 2.45) is 0 Å². The summed E-state index contributed by atoms with van der Waals surface area (Å²) in [6, 6.07) is 72.7. The number of methoxy groups -OCH3 is 1. The van der Waals surface area contributed by atoms with E-state index in [-0.39, 0.29) is 31.3 Å². The first kappa shape index (κ1) is 83.7. The number of pyridine rings is 8. The molecule has 0 amide bonds. The van der Waals surface area contributed by atoms with Crippen LogP contribution in [0.5, 0.6) is 40.5 Å². The molecule has 0 aliphatic heterocycles. The van der Waals surface area contributed by atoms with Crippen LogP contribution in [-0.4, -0.2) is 94.4 Å². The number of rotatable bonds is 12. The Hall–Kier alpha value is -14.3. The maximum Gasteiger partial charge on any atom is 0.216 e. The van der Waals surface area contributed by atoms with Gasteiger partial charge in [0.25, 0.3) is 0 Å². The number of nitrogens with zero attached hydrogens (tertiary/aromatic N) is 8. The molecule has 10 aromatic carbocycles. The number of halogens is 1. The second-order valence-electron chi connectivity index (χ2n) is 28.9. The lowest BCUT2D eigenvalue weighted by atomic mass is 9.97. The van der Waals surface area contributed by atoms with E-state index in [4.69, 9.17) is 21.1 Å². The molecule has 18 aromatic rings. The fraction of sp³-hybridized carbons (Fsp3) is 0.129. The van der Waals surface area contributed by atoms with Crippen LogP contribution in [0, 0.1) is 48.5 Å². The van der Waals surface area contributed by atoms with Gasteiger partial charge in [0.15, 0.2) is 0 Å². The number of fused-ring (bicyclic) bond motifs is 6. The summed E-state index contributed by atoms with van der Waals surface area (Å²) in [5.41, 5.74) is 27.6. The third kappa shape index (κ3) is 19.5. The van der Waals surface area contributed by atoms with Crippen LogP contribution in [0.15, 0.2) is 280 Å². The second-order valence-corrected chi connectivity index (χ2v) is 29.3. The van der Waals surface area contributed by atoms with Gasteiger partial charge in [0.1, 0.15) is 28.7 Å². The van der Waals surface area contributed by atoms with Crippen LogP contribution in [0.3, 0.4) is 0 Å². The third-order valence-corrected chi connectivity index (χ3v) is 20.9. The predicted octanol–water partition coefficient (Wildman–Crippen LogP) is 22.4. The van der Waals surface area contributed by atoms with E-state index < -0.39 is 0 Å². The lowest BCUT2D eigenvalue weighted by Crippen LogP contribution is -1.97. The van der Waals surface area contributed by atoms with Crippen molar-refractivity contribution < 1.29 is 50.3 Å². The Morgan fingerprint density at radius 3 is 0.883 bits per heavy atom. The van der Waals surface area contributed by atoms with Crippen molar-refractivity contribution in [1.82, 2.24) is 39.9 Å². The Balaban J connectivity index is 0.000000125. The molecule has 0 atom stereocenters. The standard InChI is InChI=1S/C18H18N2O2.C18H17NO.C17H15NO2.C16H12ClNO.C16H14N2O2.C16H13NO2/c1-3-22-18-12(2)8-14(10-20-18)15-6-7-19-17-9-13(11-21)4-5-16(15)17;1-12-3-5-15(9-13(12)2)16-7-8-19-18-10-14(11-20)4-6-17(16)18;1-11-8-13(3-5-17(11)20)14-6-7-18-16-9-12(10-19)2-4-15(14)16;1-10-8-11(2-5-16(10)19)13-6-7-18-15-9-12(17)3-4-14(13)15;1-10-7-11(9-18-16(10)20-2)13-5-6-17-15-8-12(19)3-4-14(13)15;1-10-8-11(2-5-16(10)19)13-6-7-17-15-9-12(18)3-4-14(13)15/h4-10,21H,3,11H2,1-2H3;3-10,20H,11H2,1-2H3;2-9,19-20H,10H2,1H3;2-9,19H,1H3;3-9,19H,1-2H3;2-9,18-19H,1H3. The molecule has 0 aliphatic rings. The molecule has 600 valence electrons. The van der Waals surface area contributed by atoms with E-state index in [1.54, 1.807) is 86.8 Å². The van der Waals surface area contributed by atoms with Gasteiger partial charge < -0.3 is 50.3 Å². The molecule has 0 saturated carbocycles. The molecule has 120 heavy (non-hydrogen) atoms. The number of aromatic hydroxyl groups is 5. The third-order valence-electron chi connectivity index (χ3n) is 20.6. The monoisotopic (exact) mass is 1610 g/mol. The van der Waals surface area contributed by atoms with Crippen molar-refractivity contribution in [2.45, 2.75) is 75.2 Å². The van der Waals surface area contributed by atoms with Crippen molar-refractivity contribution >= 4 is 77.0 Å². The van der Waals surface area contributed by atoms with Crippen LogP contribution < -0.4 is 9.47 Å². The van der Waals surface area contributed by atoms with Gasteiger partial charge in [-0.1, -0.05) is 90.5 Å². The number of phenolic OH excluding ortho intramolecular Hbond substituents is 5. The predicted molar refractivity (Wildman–Crippen MR) is 481 cm³/mol. The van der Waals surface area contributed by atoms with Crippen LogP contribution in [-0.2, 0) is 19.8 Å². The maximum absolute atomic E-state index is 9.63. The number of benzene rings is 10. The Morgan fingerprint density at radius 2 is 0.567 bits per heavy atom. The average Bonchev–Trinajstić information content (AvgIpc) is 0.772. The Morgan fingerprint density at radius 1 is 0.275 bits per heavy atom. The maximum atomic E-state index is 9.63. The molecular weight excluding hydrogens is 1520 g/mol. The lowest BCUT2D eigenvalue weighted by molar-refractivity contribution is 0.282. The van der Waals surface area contributed by atoms with Gasteiger partial charge in [-0.2, -0.15) is 0 Å². The lowest BCUT2D eigenvalue weighted by Gasteiger charge is -2.10. The number of aromatic nitrogens is 8. The minimum Gasteiger partial charge on any atom is -0.508 e. The molecule has 0 fully saturated rings. The van der Waals surface area contributed by atoms with Crippen molar-refractivity contribution in [3.8, 4) is 107 Å². The number of hydrogen-bond donors (Lipinski definition) is 8. The Bertz CT molecular complexity index is 6520. The molecule has 0 radical (unpaired) electrons. The molecule has 0 spiro atoms. The van der Waals surface area contributed by atoms with Crippen LogP contribution in [0.2, 0.25) is 5.02 Å². The van der Waals surface area contributed by atoms with E-state index in [1.165, 1.54) is 22.3 Å². The van der Waals surface area contributed by atoms with E-state index >= 15 is 0 Å². The minimum atomic E-state index is 0.0141. The topological polar surface area (TPSA) is 283 Å². The first-order valence-electron chi connectivity index (χ1n) is 38.8. The van der Waals surface area contributed by atoms with Crippen molar-refractivity contribution in [3.05, 3.63) is 341 Å². The largest absolute Gasteiger partial charge is 0.508 e. The highest BCUT2D eigenvalue weighted by Crippen LogP contribution is 2.38. The molecule has 0 unspecified atom stereocenters. The van der Waals surface area contributed by atoms with E-state index in [1.807, 2.05) is 218 Å². The van der Waals surface area contributed by atoms with Gasteiger partial charge in [-0.3, -0.25) is 29.9 Å². The zero-order valence-electron chi connectivity index (χ0n) is 67.7. The summed E-state index contributed by atoms with van der Waals surface area (Å²) in [5, 5.41) is 82.4. The fourth-order valence-corrected chi connectivity index (χ4v) is 14.2.